The standard InChI is InChI=1S/C36H40ClN3O5S/c1-25-21-40(26(2)24-41)36(42)20-30-19-32(38-46(43,44)33-16-13-31(37)14-17-33)15-18-34(30)45-35(25)23-39(3)22-27-9-11-29(12-10-27)28-7-5-4-6-8-28/h4-19,25-26,35,38,41H,20-24H2,1-3H3/t25-,26-,35+/m1/s1. The monoisotopic (exact) mass is 661 g/mol. The van der Waals surface area contributed by atoms with Gasteiger partial charge in [-0.15, -0.1) is 0 Å². The van der Waals surface area contributed by atoms with Gasteiger partial charge in [-0.05, 0) is 73.1 Å². The first-order valence-corrected chi connectivity index (χ1v) is 17.2. The van der Waals surface area contributed by atoms with Gasteiger partial charge >= 0.3 is 0 Å². The summed E-state index contributed by atoms with van der Waals surface area (Å²) < 4.78 is 35.4. The highest BCUT2D eigenvalue weighted by Gasteiger charge is 2.31. The second-order valence-corrected chi connectivity index (χ2v) is 14.1. The van der Waals surface area contributed by atoms with E-state index in [1.165, 1.54) is 35.4 Å². The molecular formula is C36H40ClN3O5S. The molecule has 0 aliphatic carbocycles. The lowest BCUT2D eigenvalue weighted by atomic mass is 10.0. The smallest absolute Gasteiger partial charge is 0.261 e. The van der Waals surface area contributed by atoms with Crippen molar-refractivity contribution >= 4 is 33.2 Å². The van der Waals surface area contributed by atoms with Crippen LogP contribution in [0.3, 0.4) is 0 Å². The summed E-state index contributed by atoms with van der Waals surface area (Å²) in [6, 6.07) is 29.3. The molecule has 4 aromatic rings. The number of hydrogen-bond donors (Lipinski definition) is 2. The van der Waals surface area contributed by atoms with Crippen LogP contribution in [0.15, 0.2) is 102 Å². The predicted octanol–water partition coefficient (Wildman–Crippen LogP) is 6.09. The van der Waals surface area contributed by atoms with E-state index in [1.807, 2.05) is 32.2 Å². The quantitative estimate of drug-likeness (QED) is 0.214. The van der Waals surface area contributed by atoms with Gasteiger partial charge in [-0.25, -0.2) is 8.42 Å². The van der Waals surface area contributed by atoms with Crippen molar-refractivity contribution < 1.29 is 23.1 Å². The first-order chi connectivity index (χ1) is 22.0. The number of anilines is 1. The Balaban J connectivity index is 1.37. The number of carbonyl (C=O) groups is 1. The highest BCUT2D eigenvalue weighted by Crippen LogP contribution is 2.30. The summed E-state index contributed by atoms with van der Waals surface area (Å²) in [5.41, 5.74) is 4.38. The molecule has 4 aromatic carbocycles. The van der Waals surface area contributed by atoms with Crippen LogP contribution in [-0.2, 0) is 27.8 Å². The molecule has 1 amide bonds. The summed E-state index contributed by atoms with van der Waals surface area (Å²) in [7, 11) is -1.85. The number of amides is 1. The fourth-order valence-electron chi connectivity index (χ4n) is 5.66. The normalized spacial score (nSPS) is 17.8. The second kappa shape index (κ2) is 14.7. The van der Waals surface area contributed by atoms with Crippen molar-refractivity contribution in [2.24, 2.45) is 5.92 Å². The van der Waals surface area contributed by atoms with Crippen molar-refractivity contribution in [2.75, 3.05) is 31.5 Å². The minimum atomic E-state index is -3.89. The number of aliphatic hydroxyl groups is 1. The van der Waals surface area contributed by atoms with Crippen LogP contribution < -0.4 is 9.46 Å². The first kappa shape index (κ1) is 33.5. The van der Waals surface area contributed by atoms with Crippen LogP contribution in [0.25, 0.3) is 11.1 Å². The molecule has 0 fully saturated rings. The van der Waals surface area contributed by atoms with Gasteiger partial charge in [0.25, 0.3) is 10.0 Å². The molecule has 3 atom stereocenters. The lowest BCUT2D eigenvalue weighted by Gasteiger charge is -2.34. The molecule has 0 saturated heterocycles. The van der Waals surface area contributed by atoms with Crippen molar-refractivity contribution in [3.05, 3.63) is 113 Å². The van der Waals surface area contributed by atoms with Crippen molar-refractivity contribution in [1.29, 1.82) is 0 Å². The van der Waals surface area contributed by atoms with Crippen molar-refractivity contribution in [3.63, 3.8) is 0 Å². The highest BCUT2D eigenvalue weighted by atomic mass is 35.5. The zero-order valence-electron chi connectivity index (χ0n) is 26.3. The fraction of sp³-hybridized carbons (Fsp3) is 0.306. The van der Waals surface area contributed by atoms with Crippen LogP contribution in [0.2, 0.25) is 5.02 Å². The van der Waals surface area contributed by atoms with Crippen molar-refractivity contribution in [1.82, 2.24) is 9.80 Å². The number of nitrogens with zero attached hydrogens (tertiary/aromatic N) is 2. The maximum absolute atomic E-state index is 13.6. The van der Waals surface area contributed by atoms with Gasteiger partial charge in [-0.2, -0.15) is 0 Å². The van der Waals surface area contributed by atoms with Gasteiger partial charge in [0, 0.05) is 41.8 Å². The summed E-state index contributed by atoms with van der Waals surface area (Å²) in [6.07, 6.45) is -0.289. The largest absolute Gasteiger partial charge is 0.488 e. The second-order valence-electron chi connectivity index (χ2n) is 12.0. The molecule has 0 radical (unpaired) electrons. The summed E-state index contributed by atoms with van der Waals surface area (Å²) in [6.45, 7) is 5.40. The first-order valence-electron chi connectivity index (χ1n) is 15.3. The molecule has 0 spiro atoms. The Hall–Kier alpha value is -3.89. The van der Waals surface area contributed by atoms with Crippen LogP contribution in [0.1, 0.15) is 25.0 Å². The number of nitrogens with one attached hydrogen (secondary N) is 1. The molecule has 1 aliphatic rings. The summed E-state index contributed by atoms with van der Waals surface area (Å²) in [5, 5.41) is 10.4. The Bertz CT molecular complexity index is 1730. The van der Waals surface area contributed by atoms with E-state index in [0.717, 1.165) is 5.56 Å². The van der Waals surface area contributed by atoms with Gasteiger partial charge < -0.3 is 14.7 Å². The lowest BCUT2D eigenvalue weighted by Crippen LogP contribution is -2.47. The van der Waals surface area contributed by atoms with E-state index in [0.29, 0.717) is 41.7 Å². The highest BCUT2D eigenvalue weighted by molar-refractivity contribution is 7.92. The van der Waals surface area contributed by atoms with Gasteiger partial charge in [0.1, 0.15) is 11.9 Å². The lowest BCUT2D eigenvalue weighted by molar-refractivity contribution is -0.134. The van der Waals surface area contributed by atoms with Gasteiger partial charge in [-0.3, -0.25) is 14.4 Å². The Kier molecular flexibility index (Phi) is 10.7. The SMILES string of the molecule is C[C@@H]1CN([C@H](C)CO)C(=O)Cc2cc(NS(=O)(=O)c3ccc(Cl)cc3)ccc2O[C@H]1CN(C)Cc1ccc(-c2ccccc2)cc1. The third kappa shape index (κ3) is 8.27. The fourth-order valence-corrected chi connectivity index (χ4v) is 6.83. The predicted molar refractivity (Wildman–Crippen MR) is 182 cm³/mol. The molecule has 1 heterocycles. The third-order valence-electron chi connectivity index (χ3n) is 8.30. The van der Waals surface area contributed by atoms with E-state index in [4.69, 9.17) is 16.3 Å². The maximum atomic E-state index is 13.6. The zero-order chi connectivity index (χ0) is 32.8. The molecule has 10 heteroatoms. The number of carbonyl (C=O) groups excluding carboxylic acids is 1. The Morgan fingerprint density at radius 3 is 2.35 bits per heavy atom. The summed E-state index contributed by atoms with van der Waals surface area (Å²) in [5.74, 6) is 0.303. The minimum Gasteiger partial charge on any atom is -0.488 e. The average molecular weight is 662 g/mol. The summed E-state index contributed by atoms with van der Waals surface area (Å²) >= 11 is 5.94. The molecule has 8 nitrogen and oxygen atoms in total. The molecule has 0 aromatic heterocycles. The molecule has 0 saturated carbocycles. The molecule has 5 rings (SSSR count). The van der Waals surface area contributed by atoms with Gasteiger partial charge in [0.2, 0.25) is 5.91 Å². The van der Waals surface area contributed by atoms with Crippen molar-refractivity contribution in [2.45, 2.75) is 43.9 Å². The van der Waals surface area contributed by atoms with Crippen LogP contribution in [0.5, 0.6) is 5.75 Å². The molecule has 242 valence electrons. The zero-order valence-corrected chi connectivity index (χ0v) is 27.8. The van der Waals surface area contributed by atoms with Crippen LogP contribution in [0.4, 0.5) is 5.69 Å². The number of sulfonamides is 1. The van der Waals surface area contributed by atoms with E-state index in [-0.39, 0.29) is 41.9 Å². The third-order valence-corrected chi connectivity index (χ3v) is 9.95. The molecule has 1 aliphatic heterocycles. The van der Waals surface area contributed by atoms with Crippen molar-refractivity contribution in [3.8, 4) is 16.9 Å². The maximum Gasteiger partial charge on any atom is 0.261 e. The van der Waals surface area contributed by atoms with Gasteiger partial charge in [0.05, 0.1) is 24.0 Å². The number of rotatable bonds is 10. The molecule has 0 unspecified atom stereocenters. The molecular weight excluding hydrogens is 622 g/mol. The number of fused-ring (bicyclic) bond motifs is 1. The van der Waals surface area contributed by atoms with Gasteiger partial charge in [-0.1, -0.05) is 73.1 Å². The topological polar surface area (TPSA) is 99.2 Å². The van der Waals surface area contributed by atoms with E-state index in [9.17, 15) is 18.3 Å². The van der Waals surface area contributed by atoms with Crippen LogP contribution in [0, 0.1) is 5.92 Å². The average Bonchev–Trinajstić information content (AvgIpc) is 3.08. The number of benzene rings is 4. The van der Waals surface area contributed by atoms with E-state index in [1.54, 1.807) is 23.1 Å². The number of hydrogen-bond acceptors (Lipinski definition) is 6. The van der Waals surface area contributed by atoms with E-state index >= 15 is 0 Å². The van der Waals surface area contributed by atoms with E-state index in [2.05, 4.69) is 52.9 Å². The molecule has 46 heavy (non-hydrogen) atoms. The Morgan fingerprint density at radius 1 is 1.00 bits per heavy atom. The number of likely N-dealkylation sites (N-methyl/N-ethyl adjacent to an activating group) is 1. The minimum absolute atomic E-state index is 0.000766. The van der Waals surface area contributed by atoms with Gasteiger partial charge in [0.15, 0.2) is 0 Å². The number of aliphatic hydroxyl groups excluding tert-OH is 1. The van der Waals surface area contributed by atoms with E-state index < -0.39 is 10.0 Å². The number of ether oxygens (including phenoxy) is 1. The molecule has 0 bridgehead atoms. The Morgan fingerprint density at radius 2 is 1.67 bits per heavy atom. The van der Waals surface area contributed by atoms with Crippen LogP contribution >= 0.6 is 11.6 Å². The Labute approximate surface area is 276 Å². The van der Waals surface area contributed by atoms with Crippen LogP contribution in [-0.4, -0.2) is 68.1 Å². The summed E-state index contributed by atoms with van der Waals surface area (Å²) in [4.78, 5) is 17.5. The molecule has 2 N–H and O–H groups in total. The number of halogens is 1.